The van der Waals surface area contributed by atoms with Crippen LogP contribution in [0.4, 0.5) is 0 Å². The predicted octanol–water partition coefficient (Wildman–Crippen LogP) is 7.74. The molecule has 0 aliphatic heterocycles. The van der Waals surface area contributed by atoms with E-state index in [0.717, 1.165) is 104 Å². The van der Waals surface area contributed by atoms with E-state index in [2.05, 4.69) is 62.8 Å². The first kappa shape index (κ1) is 49.8. The molecule has 58 heavy (non-hydrogen) atoms. The minimum atomic E-state index is -4.05. The van der Waals surface area contributed by atoms with Crippen molar-refractivity contribution in [3.63, 3.8) is 0 Å². The van der Waals surface area contributed by atoms with Gasteiger partial charge in [-0.25, -0.2) is 0 Å². The van der Waals surface area contributed by atoms with Gasteiger partial charge in [-0.1, -0.05) is 73.6 Å². The zero-order valence-corrected chi connectivity index (χ0v) is 38.6. The molecular weight excluding hydrogens is 753 g/mol. The standard InChI is InChI=1S/C46H88N4O7S/c1-7-10-11-12-13-14-27-50-43(51)21-18-35(4)38-19-20-39-44-40(33-42(46(38,39)6)57-30-16-25-48-9-3)45(5)23-22-37(55-28-15-24-47-8-2)31-36(45)32-41(44)56-29-17-26-49-34-58(52,53)54/h35-42,44,47-49H,7-34H2,1-6H3,(H,50,51)(H,52,53,54)/t35-,36+,37-,38-,39+,40+,41-,42+,44+,45+,46-/m1/s1. The molecule has 11 nitrogen and oxygen atoms in total. The number of amides is 1. The summed E-state index contributed by atoms with van der Waals surface area (Å²) in [5.74, 6) is 2.55. The maximum atomic E-state index is 13.1. The van der Waals surface area contributed by atoms with Crippen LogP contribution in [-0.4, -0.2) is 102 Å². The Hall–Kier alpha value is -0.860. The molecule has 4 aliphatic carbocycles. The second kappa shape index (κ2) is 25.3. The predicted molar refractivity (Wildman–Crippen MR) is 235 cm³/mol. The van der Waals surface area contributed by atoms with Crippen molar-refractivity contribution in [3.8, 4) is 0 Å². The molecule has 4 rings (SSSR count). The molecule has 0 spiro atoms. The first-order valence-corrected chi connectivity index (χ1v) is 25.7. The summed E-state index contributed by atoms with van der Waals surface area (Å²) < 4.78 is 52.5. The van der Waals surface area contributed by atoms with Crippen LogP contribution >= 0.6 is 0 Å². The lowest BCUT2D eigenvalue weighted by Crippen LogP contribution is -2.63. The van der Waals surface area contributed by atoms with Crippen molar-refractivity contribution < 1.29 is 32.0 Å². The van der Waals surface area contributed by atoms with Crippen LogP contribution in [0.1, 0.15) is 157 Å². The molecule has 0 saturated heterocycles. The molecule has 0 heterocycles. The first-order chi connectivity index (χ1) is 27.9. The van der Waals surface area contributed by atoms with Crippen LogP contribution in [0, 0.1) is 46.3 Å². The lowest BCUT2D eigenvalue weighted by Gasteiger charge is -2.65. The highest BCUT2D eigenvalue weighted by Gasteiger charge is 2.66. The first-order valence-electron chi connectivity index (χ1n) is 24.1. The van der Waals surface area contributed by atoms with Gasteiger partial charge in [-0.2, -0.15) is 8.42 Å². The van der Waals surface area contributed by atoms with Gasteiger partial charge < -0.3 is 35.5 Å². The molecule has 0 radical (unpaired) electrons. The summed E-state index contributed by atoms with van der Waals surface area (Å²) in [7, 11) is -4.05. The van der Waals surface area contributed by atoms with Gasteiger partial charge in [0.15, 0.2) is 0 Å². The Balaban J connectivity index is 1.51. The fourth-order valence-corrected chi connectivity index (χ4v) is 12.7. The third-order valence-electron chi connectivity index (χ3n) is 15.4. The maximum Gasteiger partial charge on any atom is 0.278 e. The highest BCUT2D eigenvalue weighted by atomic mass is 32.2. The molecule has 4 saturated carbocycles. The zero-order chi connectivity index (χ0) is 42.0. The molecule has 0 aromatic carbocycles. The van der Waals surface area contributed by atoms with Gasteiger partial charge >= 0.3 is 0 Å². The third-order valence-corrected chi connectivity index (χ3v) is 16.0. The summed E-state index contributed by atoms with van der Waals surface area (Å²) in [4.78, 5) is 13.1. The van der Waals surface area contributed by atoms with Gasteiger partial charge in [-0.15, -0.1) is 0 Å². The van der Waals surface area contributed by atoms with Crippen LogP contribution in [0.2, 0.25) is 0 Å². The summed E-state index contributed by atoms with van der Waals surface area (Å²) >= 11 is 0. The molecule has 0 aromatic rings. The van der Waals surface area contributed by atoms with Crippen molar-refractivity contribution in [2.75, 3.05) is 65.0 Å². The Labute approximate surface area is 354 Å². The summed E-state index contributed by atoms with van der Waals surface area (Å²) in [5, 5.41) is 13.0. The van der Waals surface area contributed by atoms with E-state index in [-0.39, 0.29) is 35.0 Å². The van der Waals surface area contributed by atoms with Gasteiger partial charge in [0.2, 0.25) is 5.91 Å². The molecule has 12 heteroatoms. The number of nitrogens with one attached hydrogen (secondary N) is 4. The van der Waals surface area contributed by atoms with E-state index in [1.807, 2.05) is 0 Å². The van der Waals surface area contributed by atoms with Crippen LogP contribution in [0.15, 0.2) is 0 Å². The van der Waals surface area contributed by atoms with E-state index in [4.69, 9.17) is 14.2 Å². The maximum absolute atomic E-state index is 13.1. The van der Waals surface area contributed by atoms with Crippen molar-refractivity contribution in [3.05, 3.63) is 0 Å². The average molecular weight is 841 g/mol. The number of rotatable bonds is 30. The summed E-state index contributed by atoms with van der Waals surface area (Å²) in [6.07, 6.45) is 19.9. The third kappa shape index (κ3) is 14.3. The molecule has 5 N–H and O–H groups in total. The van der Waals surface area contributed by atoms with E-state index in [0.29, 0.717) is 61.5 Å². The number of ether oxygens (including phenoxy) is 3. The Morgan fingerprint density at radius 3 is 2.10 bits per heavy atom. The van der Waals surface area contributed by atoms with E-state index in [9.17, 15) is 17.8 Å². The molecule has 4 fully saturated rings. The van der Waals surface area contributed by atoms with Crippen molar-refractivity contribution in [1.29, 1.82) is 0 Å². The molecule has 11 atom stereocenters. The van der Waals surface area contributed by atoms with Gasteiger partial charge in [-0.05, 0) is 151 Å². The van der Waals surface area contributed by atoms with Gasteiger partial charge in [0, 0.05) is 38.2 Å². The van der Waals surface area contributed by atoms with Gasteiger partial charge in [0.25, 0.3) is 10.1 Å². The minimum Gasteiger partial charge on any atom is -0.378 e. The fourth-order valence-electron chi connectivity index (χ4n) is 12.3. The number of hydrogen-bond donors (Lipinski definition) is 5. The van der Waals surface area contributed by atoms with Crippen LogP contribution in [-0.2, 0) is 29.1 Å². The van der Waals surface area contributed by atoms with Crippen LogP contribution in [0.25, 0.3) is 0 Å². The lowest BCUT2D eigenvalue weighted by atomic mass is 9.43. The zero-order valence-electron chi connectivity index (χ0n) is 37.8. The molecule has 0 aromatic heterocycles. The topological polar surface area (TPSA) is 147 Å². The molecule has 1 amide bonds. The Kier molecular flexibility index (Phi) is 21.7. The highest BCUT2D eigenvalue weighted by molar-refractivity contribution is 7.85. The van der Waals surface area contributed by atoms with Crippen molar-refractivity contribution >= 4 is 16.0 Å². The highest BCUT2D eigenvalue weighted by Crippen LogP contribution is 2.69. The largest absolute Gasteiger partial charge is 0.378 e. The molecule has 4 aliphatic rings. The van der Waals surface area contributed by atoms with Gasteiger partial charge in [0.05, 0.1) is 18.3 Å². The number of carbonyl (C=O) groups excluding carboxylic acids is 1. The van der Waals surface area contributed by atoms with E-state index < -0.39 is 16.0 Å². The number of fused-ring (bicyclic) bond motifs is 5. The second-order valence-electron chi connectivity index (χ2n) is 19.2. The summed E-state index contributed by atoms with van der Waals surface area (Å²) in [5.41, 5.74) is 0.179. The van der Waals surface area contributed by atoms with Crippen molar-refractivity contribution in [1.82, 2.24) is 21.3 Å². The van der Waals surface area contributed by atoms with E-state index >= 15 is 0 Å². The minimum absolute atomic E-state index is 0.0115. The monoisotopic (exact) mass is 841 g/mol. The van der Waals surface area contributed by atoms with Gasteiger partial charge in [-0.3, -0.25) is 9.35 Å². The Bertz CT molecular complexity index is 1280. The van der Waals surface area contributed by atoms with Crippen LogP contribution in [0.3, 0.4) is 0 Å². The van der Waals surface area contributed by atoms with Crippen molar-refractivity contribution in [2.45, 2.75) is 175 Å². The Morgan fingerprint density at radius 2 is 1.41 bits per heavy atom. The summed E-state index contributed by atoms with van der Waals surface area (Å²) in [6, 6.07) is 0. The quantitative estimate of drug-likeness (QED) is 0.0360. The number of hydrogen-bond acceptors (Lipinski definition) is 9. The fraction of sp³-hybridized carbons (Fsp3) is 0.978. The molecular formula is C46H88N4O7S. The lowest BCUT2D eigenvalue weighted by molar-refractivity contribution is -0.227. The smallest absolute Gasteiger partial charge is 0.278 e. The molecule has 0 bridgehead atoms. The van der Waals surface area contributed by atoms with E-state index in [1.165, 1.54) is 44.9 Å². The van der Waals surface area contributed by atoms with Gasteiger partial charge in [0.1, 0.15) is 5.88 Å². The second-order valence-corrected chi connectivity index (χ2v) is 20.6. The van der Waals surface area contributed by atoms with Crippen molar-refractivity contribution in [2.24, 2.45) is 46.3 Å². The molecule has 340 valence electrons. The summed E-state index contributed by atoms with van der Waals surface area (Å²) in [6.45, 7) is 21.4. The molecule has 0 unspecified atom stereocenters. The SMILES string of the molecule is CCCCCCCCNC(=O)CC[C@@H](C)[C@H]1CC[C@H]2[C@@H]3[C@H](OCCCNCS(=O)(=O)O)C[C@@H]4C[C@H](OCCCNCC)CC[C@]4(C)[C@H]3C[C@H](OCCCNCC)[C@]12C. The number of carbonyl (C=O) groups is 1. The van der Waals surface area contributed by atoms with Crippen LogP contribution in [0.5, 0.6) is 0 Å². The van der Waals surface area contributed by atoms with Crippen LogP contribution < -0.4 is 21.3 Å². The normalized spacial score (nSPS) is 32.7. The Morgan fingerprint density at radius 1 is 0.759 bits per heavy atom. The number of unbranched alkanes of at least 4 members (excludes halogenated alkanes) is 5. The van der Waals surface area contributed by atoms with E-state index in [1.54, 1.807) is 0 Å². The average Bonchev–Trinajstić information content (AvgIpc) is 3.55.